The van der Waals surface area contributed by atoms with E-state index in [1.807, 2.05) is 31.3 Å². The van der Waals surface area contributed by atoms with Gasteiger partial charge in [-0.25, -0.2) is 4.79 Å². The summed E-state index contributed by atoms with van der Waals surface area (Å²) in [6, 6.07) is 3.88. The maximum absolute atomic E-state index is 11.4. The average molecular weight is 291 g/mol. The summed E-state index contributed by atoms with van der Waals surface area (Å²) in [5, 5.41) is 5.43. The Hall–Kier alpha value is -2.08. The summed E-state index contributed by atoms with van der Waals surface area (Å²) in [5.41, 5.74) is 8.01. The van der Waals surface area contributed by atoms with E-state index in [1.54, 1.807) is 0 Å². The van der Waals surface area contributed by atoms with Gasteiger partial charge in [-0.3, -0.25) is 10.1 Å². The predicted octanol–water partition coefficient (Wildman–Crippen LogP) is 1.13. The Morgan fingerprint density at radius 2 is 1.90 bits per heavy atom. The molecule has 1 saturated carbocycles. The van der Waals surface area contributed by atoms with Crippen LogP contribution in [0.2, 0.25) is 0 Å². The normalized spacial score (nSPS) is 13.8. The van der Waals surface area contributed by atoms with Crippen molar-refractivity contribution in [2.24, 2.45) is 5.73 Å². The van der Waals surface area contributed by atoms with Crippen molar-refractivity contribution in [3.05, 3.63) is 28.8 Å². The number of hydrogen-bond acceptors (Lipinski definition) is 4. The molecule has 4 N–H and O–H groups in total. The minimum Gasteiger partial charge on any atom is -0.483 e. The quantitative estimate of drug-likeness (QED) is 0.732. The Morgan fingerprint density at radius 3 is 2.43 bits per heavy atom. The molecule has 21 heavy (non-hydrogen) atoms. The summed E-state index contributed by atoms with van der Waals surface area (Å²) >= 11 is 0. The number of rotatable bonds is 6. The van der Waals surface area contributed by atoms with Crippen LogP contribution in [0, 0.1) is 13.8 Å². The number of ether oxygens (including phenoxy) is 1. The molecule has 0 radical (unpaired) electrons. The molecule has 2 rings (SSSR count). The number of hydrogen-bond donors (Lipinski definition) is 3. The highest BCUT2D eigenvalue weighted by Crippen LogP contribution is 2.26. The van der Waals surface area contributed by atoms with Crippen LogP contribution in [-0.2, 0) is 11.3 Å². The second-order valence-corrected chi connectivity index (χ2v) is 5.42. The zero-order valence-corrected chi connectivity index (χ0v) is 12.4. The molecule has 0 saturated heterocycles. The number of nitrogens with two attached hydrogens (primary N) is 1. The Bertz CT molecular complexity index is 530. The van der Waals surface area contributed by atoms with Gasteiger partial charge in [-0.05, 0) is 43.4 Å². The Morgan fingerprint density at radius 1 is 1.29 bits per heavy atom. The van der Waals surface area contributed by atoms with Crippen LogP contribution >= 0.6 is 0 Å². The van der Waals surface area contributed by atoms with Crippen LogP contribution in [0.1, 0.15) is 29.5 Å². The molecule has 1 aliphatic rings. The van der Waals surface area contributed by atoms with Crippen molar-refractivity contribution >= 4 is 11.9 Å². The molecular weight excluding hydrogens is 270 g/mol. The maximum atomic E-state index is 11.4. The van der Waals surface area contributed by atoms with Crippen LogP contribution in [0.25, 0.3) is 0 Å². The molecule has 1 aromatic carbocycles. The van der Waals surface area contributed by atoms with Gasteiger partial charge in [0.2, 0.25) is 0 Å². The van der Waals surface area contributed by atoms with Gasteiger partial charge in [0.15, 0.2) is 6.61 Å². The molecule has 114 valence electrons. The van der Waals surface area contributed by atoms with E-state index in [2.05, 4.69) is 5.32 Å². The third-order valence-electron chi connectivity index (χ3n) is 3.30. The molecule has 6 heteroatoms. The topological polar surface area (TPSA) is 93.4 Å². The van der Waals surface area contributed by atoms with Gasteiger partial charge in [-0.15, -0.1) is 0 Å². The van der Waals surface area contributed by atoms with Gasteiger partial charge in [0, 0.05) is 12.6 Å². The van der Waals surface area contributed by atoms with Gasteiger partial charge in [-0.1, -0.05) is 12.1 Å². The fourth-order valence-electron chi connectivity index (χ4n) is 2.23. The van der Waals surface area contributed by atoms with Gasteiger partial charge in [0.05, 0.1) is 0 Å². The van der Waals surface area contributed by atoms with Gasteiger partial charge in [0.1, 0.15) is 5.75 Å². The smallest absolute Gasteiger partial charge is 0.318 e. The largest absolute Gasteiger partial charge is 0.483 e. The SMILES string of the molecule is Cc1cc(CNC2CC2)cc(C)c1OCC(=O)NC(N)=O. The van der Waals surface area contributed by atoms with Crippen LogP contribution in [0.15, 0.2) is 12.1 Å². The molecule has 0 unspecified atom stereocenters. The Labute approximate surface area is 124 Å². The molecule has 0 aliphatic heterocycles. The van der Waals surface area contributed by atoms with Crippen LogP contribution in [0.5, 0.6) is 5.75 Å². The number of nitrogens with one attached hydrogen (secondary N) is 2. The molecule has 0 spiro atoms. The number of amides is 3. The summed E-state index contributed by atoms with van der Waals surface area (Å²) in [6.07, 6.45) is 2.52. The number of urea groups is 1. The lowest BCUT2D eigenvalue weighted by Gasteiger charge is -2.14. The fraction of sp³-hybridized carbons (Fsp3) is 0.467. The third kappa shape index (κ3) is 4.75. The Kier molecular flexibility index (Phi) is 4.80. The fourth-order valence-corrected chi connectivity index (χ4v) is 2.23. The van der Waals surface area contributed by atoms with Crippen molar-refractivity contribution in [1.82, 2.24) is 10.6 Å². The molecule has 0 aromatic heterocycles. The summed E-state index contributed by atoms with van der Waals surface area (Å²) in [6.45, 7) is 4.49. The maximum Gasteiger partial charge on any atom is 0.318 e. The van der Waals surface area contributed by atoms with Gasteiger partial charge < -0.3 is 15.8 Å². The van der Waals surface area contributed by atoms with Crippen LogP contribution in [0.4, 0.5) is 4.79 Å². The third-order valence-corrected chi connectivity index (χ3v) is 3.30. The van der Waals surface area contributed by atoms with E-state index in [0.29, 0.717) is 11.8 Å². The number of primary amides is 1. The molecular formula is C15H21N3O3. The minimum atomic E-state index is -0.876. The first-order valence-corrected chi connectivity index (χ1v) is 7.01. The summed E-state index contributed by atoms with van der Waals surface area (Å²) < 4.78 is 5.48. The molecule has 1 aromatic rings. The van der Waals surface area contributed by atoms with Crippen molar-refractivity contribution in [2.45, 2.75) is 39.3 Å². The average Bonchev–Trinajstić information content (AvgIpc) is 3.18. The highest BCUT2D eigenvalue weighted by Gasteiger charge is 2.20. The Balaban J connectivity index is 1.95. The lowest BCUT2D eigenvalue weighted by atomic mass is 10.1. The number of aryl methyl sites for hydroxylation is 2. The number of benzene rings is 1. The van der Waals surface area contributed by atoms with E-state index in [4.69, 9.17) is 10.5 Å². The van der Waals surface area contributed by atoms with E-state index in [-0.39, 0.29) is 6.61 Å². The molecule has 1 fully saturated rings. The van der Waals surface area contributed by atoms with Crippen molar-refractivity contribution in [2.75, 3.05) is 6.61 Å². The highest BCUT2D eigenvalue weighted by molar-refractivity contribution is 5.94. The zero-order valence-electron chi connectivity index (χ0n) is 12.4. The second-order valence-electron chi connectivity index (χ2n) is 5.42. The van der Waals surface area contributed by atoms with Crippen LogP contribution in [-0.4, -0.2) is 24.6 Å². The van der Waals surface area contributed by atoms with Gasteiger partial charge in [0.25, 0.3) is 5.91 Å². The summed E-state index contributed by atoms with van der Waals surface area (Å²) in [7, 11) is 0. The predicted molar refractivity (Wildman–Crippen MR) is 79.0 cm³/mol. The second kappa shape index (κ2) is 6.58. The molecule has 3 amide bonds. The lowest BCUT2D eigenvalue weighted by Crippen LogP contribution is -2.38. The van der Waals surface area contributed by atoms with E-state index in [1.165, 1.54) is 18.4 Å². The summed E-state index contributed by atoms with van der Waals surface area (Å²) in [5.74, 6) is 0.116. The lowest BCUT2D eigenvalue weighted by molar-refractivity contribution is -0.121. The molecule has 0 heterocycles. The van der Waals surface area contributed by atoms with Crippen LogP contribution in [0.3, 0.4) is 0 Å². The van der Waals surface area contributed by atoms with E-state index in [0.717, 1.165) is 17.7 Å². The van der Waals surface area contributed by atoms with E-state index < -0.39 is 11.9 Å². The first-order valence-electron chi connectivity index (χ1n) is 7.01. The minimum absolute atomic E-state index is 0.232. The van der Waals surface area contributed by atoms with Gasteiger partial charge in [-0.2, -0.15) is 0 Å². The van der Waals surface area contributed by atoms with Gasteiger partial charge >= 0.3 is 6.03 Å². The number of carbonyl (C=O) groups excluding carboxylic acids is 2. The number of imide groups is 1. The molecule has 6 nitrogen and oxygen atoms in total. The van der Waals surface area contributed by atoms with Crippen LogP contribution < -0.4 is 21.1 Å². The van der Waals surface area contributed by atoms with Crippen molar-refractivity contribution < 1.29 is 14.3 Å². The first-order chi connectivity index (χ1) is 9.95. The molecule has 1 aliphatic carbocycles. The first kappa shape index (κ1) is 15.3. The summed E-state index contributed by atoms with van der Waals surface area (Å²) in [4.78, 5) is 21.9. The van der Waals surface area contributed by atoms with E-state index >= 15 is 0 Å². The van der Waals surface area contributed by atoms with Crippen molar-refractivity contribution in [1.29, 1.82) is 0 Å². The molecule has 0 bridgehead atoms. The number of carbonyl (C=O) groups is 2. The van der Waals surface area contributed by atoms with E-state index in [9.17, 15) is 9.59 Å². The van der Waals surface area contributed by atoms with Crippen molar-refractivity contribution in [3.8, 4) is 5.75 Å². The van der Waals surface area contributed by atoms with Crippen molar-refractivity contribution in [3.63, 3.8) is 0 Å². The standard InChI is InChI=1S/C15H21N3O3/c1-9-5-11(7-17-12-3-4-12)6-10(2)14(9)21-8-13(19)18-15(16)20/h5-6,12,17H,3-4,7-8H2,1-2H3,(H3,16,18,19,20). The highest BCUT2D eigenvalue weighted by atomic mass is 16.5. The monoisotopic (exact) mass is 291 g/mol. The zero-order chi connectivity index (χ0) is 15.4. The molecule has 0 atom stereocenters.